The number of hydrogen-bond donors (Lipinski definition) is 0. The molecular weight excluding hydrogens is 1800 g/mol. The van der Waals surface area contributed by atoms with E-state index < -0.39 is 17.8 Å². The lowest BCUT2D eigenvalue weighted by Gasteiger charge is -2.40. The molecule has 7 amide bonds. The second-order valence-corrected chi connectivity index (χ2v) is 37.9. The molecule has 8 aromatic carbocycles. The van der Waals surface area contributed by atoms with Crippen LogP contribution in [0.2, 0.25) is 20.1 Å². The van der Waals surface area contributed by atoms with Crippen molar-refractivity contribution in [3.63, 3.8) is 0 Å². The smallest absolute Gasteiger partial charge is 0.334 e. The van der Waals surface area contributed by atoms with Gasteiger partial charge >= 0.3 is 6.03 Å². The lowest BCUT2D eigenvalue weighted by atomic mass is 9.89. The van der Waals surface area contributed by atoms with E-state index in [0.29, 0.717) is 52.1 Å². The molecular formula is C114H118Cl4N14O6. The number of rotatable bonds is 11. The number of piperazine rings is 4. The zero-order chi connectivity index (χ0) is 92.6. The Labute approximate surface area is 830 Å². The van der Waals surface area contributed by atoms with Crippen LogP contribution in [0.1, 0.15) is 190 Å². The predicted octanol–water partition coefficient (Wildman–Crippen LogP) is 20.1. The van der Waals surface area contributed by atoms with E-state index in [-0.39, 0.29) is 81.2 Å². The van der Waals surface area contributed by atoms with Gasteiger partial charge in [0.1, 0.15) is 0 Å². The number of nitrogens with zero attached hydrogens (tertiary/aromatic N) is 14. The summed E-state index contributed by atoms with van der Waals surface area (Å²) in [7, 11) is 0. The Balaban J connectivity index is 0.000000132. The number of hydrogen-bond acceptors (Lipinski definition) is 15. The average molecular weight is 1920 g/mol. The molecule has 0 bridgehead atoms. The number of urea groups is 1. The lowest BCUT2D eigenvalue weighted by Crippen LogP contribution is -2.54. The van der Waals surface area contributed by atoms with E-state index in [2.05, 4.69) is 147 Å². The molecule has 4 saturated heterocycles. The number of carbonyl (C=O) groups is 6. The van der Waals surface area contributed by atoms with E-state index >= 15 is 0 Å². The summed E-state index contributed by atoms with van der Waals surface area (Å²) in [5, 5.41) is 3.06. The molecule has 0 radical (unpaired) electrons. The molecule has 24 heteroatoms. The summed E-state index contributed by atoms with van der Waals surface area (Å²) in [5.74, 6) is -0.850. The second-order valence-electron chi connectivity index (χ2n) is 36.1. The normalized spacial score (nSPS) is 18.3. The number of pyridine rings is 5. The number of aryl methyl sites for hydroxylation is 9. The Kier molecular flexibility index (Phi) is 32.1. The summed E-state index contributed by atoms with van der Waals surface area (Å²) >= 11 is 25.3. The van der Waals surface area contributed by atoms with Gasteiger partial charge in [0.15, 0.2) is 0 Å². The fourth-order valence-corrected chi connectivity index (χ4v) is 21.9. The summed E-state index contributed by atoms with van der Waals surface area (Å²) in [4.78, 5) is 120. The third-order valence-corrected chi connectivity index (χ3v) is 29.0. The molecule has 10 heterocycles. The van der Waals surface area contributed by atoms with Crippen molar-refractivity contribution in [3.05, 3.63) is 428 Å². The number of fused-ring (bicyclic) bond motifs is 9. The van der Waals surface area contributed by atoms with Crippen LogP contribution in [-0.4, -0.2) is 209 Å². The minimum absolute atomic E-state index is 0. The Hall–Kier alpha value is -12.5. The van der Waals surface area contributed by atoms with E-state index in [1.54, 1.807) is 41.6 Å². The van der Waals surface area contributed by atoms with Gasteiger partial charge in [-0.05, 0) is 238 Å². The first-order valence-electron chi connectivity index (χ1n) is 47.0. The van der Waals surface area contributed by atoms with E-state index in [9.17, 15) is 28.8 Å². The van der Waals surface area contributed by atoms with Gasteiger partial charge in [0.2, 0.25) is 17.7 Å². The van der Waals surface area contributed by atoms with Gasteiger partial charge in [-0.2, -0.15) is 4.90 Å². The number of imide groups is 3. The molecule has 0 saturated carbocycles. The van der Waals surface area contributed by atoms with Crippen LogP contribution >= 0.6 is 46.4 Å². The summed E-state index contributed by atoms with van der Waals surface area (Å²) in [5.41, 5.74) is 25.6. The quantitative estimate of drug-likeness (QED) is 0.111. The molecule has 138 heavy (non-hydrogen) atoms. The summed E-state index contributed by atoms with van der Waals surface area (Å²) in [6, 6.07) is 80.2. The molecule has 4 aliphatic carbocycles. The third kappa shape index (κ3) is 21.7. The van der Waals surface area contributed by atoms with E-state index in [0.717, 1.165) is 187 Å². The van der Waals surface area contributed by atoms with Crippen LogP contribution in [0, 0.1) is 6.92 Å². The molecule has 22 rings (SSSR count). The van der Waals surface area contributed by atoms with Crippen LogP contribution in [-0.2, 0) is 78.6 Å². The molecule has 5 aromatic heterocycles. The van der Waals surface area contributed by atoms with Gasteiger partial charge < -0.3 is 19.6 Å². The Morgan fingerprint density at radius 2 is 0.623 bits per heavy atom. The SMILES string of the molecule is C.C.C.Cc1ccc(CC(=O)N2CCN(C3c4ccc(Cl)cc4CCc4cccnc43)CC2)cc1.O=C(C(c1ccccc1)c1ccccc1)N1CCN(C2c3ccc(Cl)cc3CCc3cccnc32)CC1.O=C(Cc1cccnc1)N1CCN(C2c3ccc(Cl)cc3CCc3cccnc32)CC1.O=C1c2ccccc2C(=O)N1C(=O)N1CCN(C2c3ccc(Cl)cc3CCc3cccnc32)CC1. The molecule has 9 aliphatic rings. The average Bonchev–Trinajstić information content (AvgIpc) is 1.60. The summed E-state index contributed by atoms with van der Waals surface area (Å²) < 4.78 is 0. The van der Waals surface area contributed by atoms with Crippen LogP contribution in [0.15, 0.2) is 280 Å². The minimum Gasteiger partial charge on any atom is -0.340 e. The Morgan fingerprint density at radius 3 is 0.957 bits per heavy atom. The standard InChI is InChI=1S/C32H30ClN3O.C27H23ClN4O3.C27H28ClN3O.C25H25ClN4O.3CH4/c33-27-15-16-28-26(22-27)14-13-25-12-7-17-34-30(25)31(28)35-18-20-36(21-19-35)32(37)29(23-8-3-1-4-9-23)24-10-5-2-6-11-24;28-19-9-10-20-18(16-19)8-7-17-4-3-11-29-23(17)24(20)30-12-14-31(15-13-30)27(35)32-25(33)21-5-1-2-6-22(21)26(32)34;1-19-4-6-20(7-5-19)17-25(32)30-13-15-31(16-14-30)27-24-11-10-23(28)18-22(24)9-8-21-3-2-12-29-26(21)27;26-21-7-8-22-20(16-21)6-5-19-4-2-10-28-24(19)25(22)30-13-11-29(12-14-30)23(31)15-18-3-1-9-27-17-18;;;/h1-12,15-17,22,29,31H,13-14,18-21H2;1-6,9-11,16,24H,7-8,12-15H2;2-7,10-12,18,27H,8-9,13-17H2,1H3;1-4,7-10,16-17,25H,5-6,11-15H2;3*1H4. The van der Waals surface area contributed by atoms with Crippen molar-refractivity contribution in [2.45, 2.75) is 123 Å². The van der Waals surface area contributed by atoms with Crippen LogP contribution in [0.3, 0.4) is 0 Å². The van der Waals surface area contributed by atoms with Crippen molar-refractivity contribution >= 4 is 82.0 Å². The first-order valence-corrected chi connectivity index (χ1v) is 48.5. The Morgan fingerprint density at radius 1 is 0.319 bits per heavy atom. The maximum Gasteiger partial charge on any atom is 0.334 e. The fourth-order valence-electron chi connectivity index (χ4n) is 21.1. The summed E-state index contributed by atoms with van der Waals surface area (Å²) in [6.45, 7) is 13.3. The zero-order valence-corrected chi connectivity index (χ0v) is 78.6. The highest BCUT2D eigenvalue weighted by Gasteiger charge is 2.45. The molecule has 20 nitrogen and oxygen atoms in total. The van der Waals surface area contributed by atoms with Gasteiger partial charge in [0.05, 0.1) is 76.8 Å². The maximum atomic E-state index is 14.0. The van der Waals surface area contributed by atoms with E-state index in [1.165, 1.54) is 72.3 Å². The van der Waals surface area contributed by atoms with Gasteiger partial charge in [-0.15, -0.1) is 0 Å². The van der Waals surface area contributed by atoms with Crippen LogP contribution in [0.4, 0.5) is 4.79 Å². The van der Waals surface area contributed by atoms with Crippen molar-refractivity contribution in [1.82, 2.24) is 69.0 Å². The predicted molar refractivity (Wildman–Crippen MR) is 547 cm³/mol. The van der Waals surface area contributed by atoms with Crippen LogP contribution < -0.4 is 0 Å². The number of carbonyl (C=O) groups excluding carboxylic acids is 6. The van der Waals surface area contributed by atoms with Crippen molar-refractivity contribution in [1.29, 1.82) is 0 Å². The van der Waals surface area contributed by atoms with Crippen molar-refractivity contribution in [3.8, 4) is 0 Å². The third-order valence-electron chi connectivity index (χ3n) is 28.1. The molecule has 4 atom stereocenters. The lowest BCUT2D eigenvalue weighted by molar-refractivity contribution is -0.134. The van der Waals surface area contributed by atoms with Crippen LogP contribution in [0.5, 0.6) is 0 Å². The molecule has 13 aromatic rings. The van der Waals surface area contributed by atoms with Crippen molar-refractivity contribution in [2.75, 3.05) is 105 Å². The highest BCUT2D eigenvalue weighted by Crippen LogP contribution is 2.44. The summed E-state index contributed by atoms with van der Waals surface area (Å²) in [6.07, 6.45) is 19.5. The second kappa shape index (κ2) is 45.0. The zero-order valence-electron chi connectivity index (χ0n) is 75.6. The van der Waals surface area contributed by atoms with Gasteiger partial charge in [-0.3, -0.25) is 68.5 Å². The Bertz CT molecular complexity index is 6430. The topological polar surface area (TPSA) is 196 Å². The van der Waals surface area contributed by atoms with Gasteiger partial charge in [0, 0.05) is 162 Å². The molecule has 708 valence electrons. The highest BCUT2D eigenvalue weighted by atomic mass is 35.5. The molecule has 0 N–H and O–H groups in total. The number of benzene rings is 8. The van der Waals surface area contributed by atoms with Gasteiger partial charge in [-0.1, -0.05) is 226 Å². The number of amides is 7. The number of halogens is 4. The van der Waals surface area contributed by atoms with Crippen molar-refractivity contribution < 1.29 is 28.8 Å². The fraction of sp³-hybridized carbons (Fsp3) is 0.307. The van der Waals surface area contributed by atoms with Gasteiger partial charge in [0.25, 0.3) is 11.8 Å². The monoisotopic (exact) mass is 1920 g/mol. The molecule has 5 aliphatic heterocycles. The van der Waals surface area contributed by atoms with E-state index in [1.807, 2.05) is 143 Å². The molecule has 4 fully saturated rings. The highest BCUT2D eigenvalue weighted by molar-refractivity contribution is 6.32. The number of aromatic nitrogens is 5. The van der Waals surface area contributed by atoms with Crippen molar-refractivity contribution in [2.24, 2.45) is 0 Å². The van der Waals surface area contributed by atoms with Crippen LogP contribution in [0.25, 0.3) is 0 Å². The van der Waals surface area contributed by atoms with E-state index in [4.69, 9.17) is 66.3 Å². The first kappa shape index (κ1) is 98.6. The maximum absolute atomic E-state index is 14.0. The van der Waals surface area contributed by atoms with Gasteiger partial charge in [-0.25, -0.2) is 4.79 Å². The minimum atomic E-state index is -0.553. The first-order chi connectivity index (χ1) is 66.0. The molecule has 0 spiro atoms. The largest absolute Gasteiger partial charge is 0.340 e. The molecule has 4 unspecified atom stereocenters.